The summed E-state index contributed by atoms with van der Waals surface area (Å²) in [5, 5.41) is 5.08. The van der Waals surface area contributed by atoms with Crippen LogP contribution >= 0.6 is 0 Å². The van der Waals surface area contributed by atoms with E-state index < -0.39 is 0 Å². The van der Waals surface area contributed by atoms with Gasteiger partial charge in [0, 0.05) is 12.4 Å². The lowest BCUT2D eigenvalue weighted by atomic mass is 10.3. The third-order valence-corrected chi connectivity index (χ3v) is 2.29. The second-order valence-electron chi connectivity index (χ2n) is 3.62. The van der Waals surface area contributed by atoms with Gasteiger partial charge in [-0.25, -0.2) is 0 Å². The molecule has 0 bridgehead atoms. The molecule has 2 N–H and O–H groups in total. The molecule has 0 unspecified atom stereocenters. The molecule has 0 saturated carbocycles. The van der Waals surface area contributed by atoms with Crippen molar-refractivity contribution in [2.45, 2.75) is 0 Å². The van der Waals surface area contributed by atoms with E-state index in [-0.39, 0.29) is 18.5 Å². The number of pyridine rings is 2. The molecule has 0 aliphatic heterocycles. The standard InChI is InChI=1S/C13H12N4O2/c18-12(10-5-1-3-7-14-10)16-9-17-13(19)11-6-2-4-8-15-11/h1-8H,9H2,(H,16,18)(H,17,19). The SMILES string of the molecule is O=C(NCNC(=O)c1ccccn1)c1ccccn1. The van der Waals surface area contributed by atoms with Gasteiger partial charge in [0.05, 0.1) is 6.67 Å². The van der Waals surface area contributed by atoms with Crippen LogP contribution in [0.1, 0.15) is 21.0 Å². The molecule has 0 radical (unpaired) electrons. The predicted molar refractivity (Wildman–Crippen MR) is 68.3 cm³/mol. The van der Waals surface area contributed by atoms with Crippen molar-refractivity contribution in [3.8, 4) is 0 Å². The van der Waals surface area contributed by atoms with Gasteiger partial charge in [0.15, 0.2) is 0 Å². The summed E-state index contributed by atoms with van der Waals surface area (Å²) in [5.41, 5.74) is 0.601. The first-order chi connectivity index (χ1) is 9.27. The lowest BCUT2D eigenvalue weighted by molar-refractivity contribution is 0.0915. The average Bonchev–Trinajstić information content (AvgIpc) is 2.49. The van der Waals surface area contributed by atoms with Crippen LogP contribution in [0.4, 0.5) is 0 Å². The summed E-state index contributed by atoms with van der Waals surface area (Å²) in [7, 11) is 0. The number of amides is 2. The van der Waals surface area contributed by atoms with Crippen LogP contribution in [0.15, 0.2) is 48.8 Å². The fourth-order valence-corrected chi connectivity index (χ4v) is 1.38. The number of carbonyl (C=O) groups is 2. The predicted octanol–water partition coefficient (Wildman–Crippen LogP) is 0.594. The van der Waals surface area contributed by atoms with E-state index in [1.54, 1.807) is 36.4 Å². The van der Waals surface area contributed by atoms with Crippen molar-refractivity contribution >= 4 is 11.8 Å². The fourth-order valence-electron chi connectivity index (χ4n) is 1.38. The summed E-state index contributed by atoms with van der Waals surface area (Å²) in [6, 6.07) is 10.1. The second-order valence-corrected chi connectivity index (χ2v) is 3.62. The van der Waals surface area contributed by atoms with Crippen molar-refractivity contribution in [2.75, 3.05) is 6.67 Å². The number of rotatable bonds is 4. The molecule has 2 aromatic rings. The van der Waals surface area contributed by atoms with Crippen LogP contribution in [-0.2, 0) is 0 Å². The number of nitrogens with zero attached hydrogens (tertiary/aromatic N) is 2. The Balaban J connectivity index is 1.81. The molecule has 2 amide bonds. The van der Waals surface area contributed by atoms with Crippen LogP contribution in [0.5, 0.6) is 0 Å². The Labute approximate surface area is 109 Å². The Morgan fingerprint density at radius 1 is 0.842 bits per heavy atom. The highest BCUT2D eigenvalue weighted by atomic mass is 16.2. The summed E-state index contributed by atoms with van der Waals surface area (Å²) < 4.78 is 0. The van der Waals surface area contributed by atoms with Gasteiger partial charge in [-0.3, -0.25) is 19.6 Å². The Morgan fingerprint density at radius 2 is 1.32 bits per heavy atom. The highest BCUT2D eigenvalue weighted by molar-refractivity contribution is 5.94. The largest absolute Gasteiger partial charge is 0.333 e. The molecule has 6 heteroatoms. The summed E-state index contributed by atoms with van der Waals surface area (Å²) in [6.45, 7) is 0.0187. The lowest BCUT2D eigenvalue weighted by Crippen LogP contribution is -2.37. The van der Waals surface area contributed by atoms with E-state index in [9.17, 15) is 9.59 Å². The molecule has 0 saturated heterocycles. The summed E-state index contributed by atoms with van der Waals surface area (Å²) in [6.07, 6.45) is 3.06. The summed E-state index contributed by atoms with van der Waals surface area (Å²) >= 11 is 0. The third kappa shape index (κ3) is 3.60. The Morgan fingerprint density at radius 3 is 1.68 bits per heavy atom. The molecule has 0 aliphatic rings. The van der Waals surface area contributed by atoms with E-state index in [1.165, 1.54) is 12.4 Å². The summed E-state index contributed by atoms with van der Waals surface area (Å²) in [5.74, 6) is -0.691. The minimum absolute atomic E-state index is 0.0187. The van der Waals surface area contributed by atoms with Gasteiger partial charge < -0.3 is 10.6 Å². The van der Waals surface area contributed by atoms with Crippen molar-refractivity contribution in [1.29, 1.82) is 0 Å². The maximum Gasteiger partial charge on any atom is 0.271 e. The van der Waals surface area contributed by atoms with Crippen molar-refractivity contribution in [2.24, 2.45) is 0 Å². The van der Waals surface area contributed by atoms with E-state index >= 15 is 0 Å². The maximum absolute atomic E-state index is 11.6. The van der Waals surface area contributed by atoms with Crippen LogP contribution in [0.25, 0.3) is 0 Å². The molecule has 6 nitrogen and oxygen atoms in total. The Hall–Kier alpha value is -2.76. The summed E-state index contributed by atoms with van der Waals surface area (Å²) in [4.78, 5) is 31.0. The topological polar surface area (TPSA) is 84.0 Å². The van der Waals surface area contributed by atoms with Gasteiger partial charge in [-0.1, -0.05) is 12.1 Å². The molecule has 0 atom stereocenters. The molecule has 2 rings (SSSR count). The van der Waals surface area contributed by atoms with E-state index in [2.05, 4.69) is 20.6 Å². The number of hydrogen-bond donors (Lipinski definition) is 2. The normalized spacial score (nSPS) is 9.68. The molecule has 0 spiro atoms. The highest BCUT2D eigenvalue weighted by Crippen LogP contribution is 1.93. The van der Waals surface area contributed by atoms with E-state index in [1.807, 2.05) is 0 Å². The molecule has 2 heterocycles. The minimum Gasteiger partial charge on any atom is -0.333 e. The number of nitrogens with one attached hydrogen (secondary N) is 2. The van der Waals surface area contributed by atoms with E-state index in [4.69, 9.17) is 0 Å². The van der Waals surface area contributed by atoms with Gasteiger partial charge in [0.2, 0.25) is 0 Å². The lowest BCUT2D eigenvalue weighted by Gasteiger charge is -2.06. The third-order valence-electron chi connectivity index (χ3n) is 2.29. The molecular weight excluding hydrogens is 244 g/mol. The van der Waals surface area contributed by atoms with Crippen LogP contribution in [0.2, 0.25) is 0 Å². The first kappa shape index (κ1) is 12.7. The van der Waals surface area contributed by atoms with Crippen LogP contribution in [0.3, 0.4) is 0 Å². The van der Waals surface area contributed by atoms with Crippen molar-refractivity contribution in [3.63, 3.8) is 0 Å². The Bertz CT molecular complexity index is 506. The van der Waals surface area contributed by atoms with E-state index in [0.717, 1.165) is 0 Å². The highest BCUT2D eigenvalue weighted by Gasteiger charge is 2.07. The van der Waals surface area contributed by atoms with Gasteiger partial charge in [-0.2, -0.15) is 0 Å². The zero-order chi connectivity index (χ0) is 13.5. The maximum atomic E-state index is 11.6. The van der Waals surface area contributed by atoms with Gasteiger partial charge in [-0.05, 0) is 24.3 Å². The fraction of sp³-hybridized carbons (Fsp3) is 0.0769. The van der Waals surface area contributed by atoms with E-state index in [0.29, 0.717) is 11.4 Å². The number of aromatic nitrogens is 2. The zero-order valence-corrected chi connectivity index (χ0v) is 10.0. The zero-order valence-electron chi connectivity index (χ0n) is 10.0. The first-order valence-corrected chi connectivity index (χ1v) is 5.66. The second kappa shape index (κ2) is 6.25. The molecular formula is C13H12N4O2. The first-order valence-electron chi connectivity index (χ1n) is 5.66. The van der Waals surface area contributed by atoms with Crippen molar-refractivity contribution in [3.05, 3.63) is 60.2 Å². The van der Waals surface area contributed by atoms with Crippen molar-refractivity contribution in [1.82, 2.24) is 20.6 Å². The molecule has 0 aliphatic carbocycles. The monoisotopic (exact) mass is 256 g/mol. The molecule has 0 fully saturated rings. The van der Waals surface area contributed by atoms with Gasteiger partial charge in [0.1, 0.15) is 11.4 Å². The van der Waals surface area contributed by atoms with Crippen molar-refractivity contribution < 1.29 is 9.59 Å². The quantitative estimate of drug-likeness (QED) is 0.784. The van der Waals surface area contributed by atoms with Gasteiger partial charge >= 0.3 is 0 Å². The van der Waals surface area contributed by atoms with Gasteiger partial charge in [0.25, 0.3) is 11.8 Å². The number of hydrogen-bond acceptors (Lipinski definition) is 4. The van der Waals surface area contributed by atoms with Crippen LogP contribution < -0.4 is 10.6 Å². The number of carbonyl (C=O) groups excluding carboxylic acids is 2. The molecule has 96 valence electrons. The van der Waals surface area contributed by atoms with Crippen LogP contribution in [0, 0.1) is 0 Å². The minimum atomic E-state index is -0.345. The smallest absolute Gasteiger partial charge is 0.271 e. The molecule has 2 aromatic heterocycles. The van der Waals surface area contributed by atoms with Crippen LogP contribution in [-0.4, -0.2) is 28.5 Å². The van der Waals surface area contributed by atoms with Gasteiger partial charge in [-0.15, -0.1) is 0 Å². The average molecular weight is 256 g/mol. The molecule has 0 aromatic carbocycles. The Kier molecular flexibility index (Phi) is 4.17. The molecule has 19 heavy (non-hydrogen) atoms.